The first kappa shape index (κ1) is 10.6. The SMILES string of the molecule is COCc1ccc(C2CCNC2)c(F)c1. The van der Waals surface area contributed by atoms with Gasteiger partial charge in [0.25, 0.3) is 0 Å². The molecule has 1 fully saturated rings. The maximum atomic E-state index is 13.7. The van der Waals surface area contributed by atoms with Crippen LogP contribution in [0.2, 0.25) is 0 Å². The molecule has 2 nitrogen and oxygen atoms in total. The van der Waals surface area contributed by atoms with Crippen LogP contribution in [-0.4, -0.2) is 20.2 Å². The molecule has 0 radical (unpaired) electrons. The molecular formula is C12H16FNO. The van der Waals surface area contributed by atoms with E-state index in [2.05, 4.69) is 5.32 Å². The Morgan fingerprint density at radius 2 is 2.40 bits per heavy atom. The minimum atomic E-state index is -0.0988. The summed E-state index contributed by atoms with van der Waals surface area (Å²) in [5, 5.41) is 3.25. The zero-order chi connectivity index (χ0) is 10.7. The Hall–Kier alpha value is -0.930. The molecule has 1 aliphatic heterocycles. The van der Waals surface area contributed by atoms with E-state index in [0.29, 0.717) is 12.5 Å². The molecule has 1 saturated heterocycles. The van der Waals surface area contributed by atoms with Gasteiger partial charge in [-0.25, -0.2) is 4.39 Å². The number of nitrogens with one attached hydrogen (secondary N) is 1. The summed E-state index contributed by atoms with van der Waals surface area (Å²) >= 11 is 0. The van der Waals surface area contributed by atoms with Crippen LogP contribution in [0.3, 0.4) is 0 Å². The van der Waals surface area contributed by atoms with Crippen LogP contribution in [-0.2, 0) is 11.3 Å². The van der Waals surface area contributed by atoms with E-state index in [4.69, 9.17) is 4.74 Å². The Bertz CT molecular complexity index is 334. The first-order valence-electron chi connectivity index (χ1n) is 5.29. The van der Waals surface area contributed by atoms with Gasteiger partial charge >= 0.3 is 0 Å². The van der Waals surface area contributed by atoms with Gasteiger partial charge < -0.3 is 10.1 Å². The third-order valence-corrected chi connectivity index (χ3v) is 2.88. The Morgan fingerprint density at radius 3 is 3.00 bits per heavy atom. The average molecular weight is 209 g/mol. The van der Waals surface area contributed by atoms with Gasteiger partial charge in [-0.3, -0.25) is 0 Å². The van der Waals surface area contributed by atoms with Crippen LogP contribution in [0.25, 0.3) is 0 Å². The third-order valence-electron chi connectivity index (χ3n) is 2.88. The Morgan fingerprint density at radius 1 is 1.53 bits per heavy atom. The van der Waals surface area contributed by atoms with Crippen molar-refractivity contribution >= 4 is 0 Å². The number of halogens is 1. The normalized spacial score (nSPS) is 20.8. The van der Waals surface area contributed by atoms with Crippen LogP contribution in [0.4, 0.5) is 4.39 Å². The first-order valence-corrected chi connectivity index (χ1v) is 5.29. The van der Waals surface area contributed by atoms with E-state index >= 15 is 0 Å². The quantitative estimate of drug-likeness (QED) is 0.822. The lowest BCUT2D eigenvalue weighted by Gasteiger charge is -2.11. The van der Waals surface area contributed by atoms with Gasteiger partial charge in [-0.2, -0.15) is 0 Å². The second-order valence-electron chi connectivity index (χ2n) is 3.98. The van der Waals surface area contributed by atoms with Gasteiger partial charge in [0.15, 0.2) is 0 Å². The van der Waals surface area contributed by atoms with E-state index < -0.39 is 0 Å². The van der Waals surface area contributed by atoms with Crippen molar-refractivity contribution in [2.24, 2.45) is 0 Å². The van der Waals surface area contributed by atoms with Crippen molar-refractivity contribution in [3.63, 3.8) is 0 Å². The van der Waals surface area contributed by atoms with E-state index in [0.717, 1.165) is 30.6 Å². The smallest absolute Gasteiger partial charge is 0.127 e. The minimum absolute atomic E-state index is 0.0988. The van der Waals surface area contributed by atoms with Crippen LogP contribution < -0.4 is 5.32 Å². The zero-order valence-corrected chi connectivity index (χ0v) is 8.92. The van der Waals surface area contributed by atoms with Crippen LogP contribution in [0.15, 0.2) is 18.2 Å². The molecule has 1 heterocycles. The van der Waals surface area contributed by atoms with Gasteiger partial charge in [-0.15, -0.1) is 0 Å². The highest BCUT2D eigenvalue weighted by Gasteiger charge is 2.19. The molecule has 3 heteroatoms. The number of rotatable bonds is 3. The molecule has 0 aromatic heterocycles. The van der Waals surface area contributed by atoms with E-state index in [1.54, 1.807) is 13.2 Å². The fourth-order valence-electron chi connectivity index (χ4n) is 2.08. The zero-order valence-electron chi connectivity index (χ0n) is 8.92. The first-order chi connectivity index (χ1) is 7.31. The molecule has 82 valence electrons. The van der Waals surface area contributed by atoms with Crippen LogP contribution in [0, 0.1) is 5.82 Å². The summed E-state index contributed by atoms with van der Waals surface area (Å²) < 4.78 is 18.7. The summed E-state index contributed by atoms with van der Waals surface area (Å²) in [5.74, 6) is 0.236. The highest BCUT2D eigenvalue weighted by molar-refractivity contribution is 5.28. The number of benzene rings is 1. The summed E-state index contributed by atoms with van der Waals surface area (Å²) in [6.45, 7) is 2.35. The van der Waals surface area contributed by atoms with Gasteiger partial charge in [0.2, 0.25) is 0 Å². The Labute approximate surface area is 89.4 Å². The van der Waals surface area contributed by atoms with Crippen molar-refractivity contribution in [3.05, 3.63) is 35.1 Å². The molecule has 1 aromatic rings. The third kappa shape index (κ3) is 2.36. The number of hydrogen-bond acceptors (Lipinski definition) is 2. The molecule has 2 rings (SSSR count). The van der Waals surface area contributed by atoms with E-state index in [-0.39, 0.29) is 5.82 Å². The topological polar surface area (TPSA) is 21.3 Å². The second-order valence-corrected chi connectivity index (χ2v) is 3.98. The molecular weight excluding hydrogens is 193 g/mol. The number of methoxy groups -OCH3 is 1. The molecule has 0 saturated carbocycles. The Kier molecular flexibility index (Phi) is 3.34. The standard InChI is InChI=1S/C12H16FNO/c1-15-8-9-2-3-11(12(13)6-9)10-4-5-14-7-10/h2-3,6,10,14H,4-5,7-8H2,1H3. The van der Waals surface area contributed by atoms with Crippen LogP contribution >= 0.6 is 0 Å². The summed E-state index contributed by atoms with van der Waals surface area (Å²) in [4.78, 5) is 0. The maximum absolute atomic E-state index is 13.7. The number of ether oxygens (including phenoxy) is 1. The van der Waals surface area contributed by atoms with Crippen molar-refractivity contribution in [2.45, 2.75) is 18.9 Å². The largest absolute Gasteiger partial charge is 0.380 e. The predicted octanol–water partition coefficient (Wildman–Crippen LogP) is 2.05. The van der Waals surface area contributed by atoms with Crippen molar-refractivity contribution < 1.29 is 9.13 Å². The lowest BCUT2D eigenvalue weighted by Crippen LogP contribution is -2.09. The van der Waals surface area contributed by atoms with Crippen molar-refractivity contribution in [2.75, 3.05) is 20.2 Å². The molecule has 0 spiro atoms. The fraction of sp³-hybridized carbons (Fsp3) is 0.500. The monoisotopic (exact) mass is 209 g/mol. The van der Waals surface area contributed by atoms with E-state index in [1.807, 2.05) is 12.1 Å². The molecule has 1 aromatic carbocycles. The average Bonchev–Trinajstić information content (AvgIpc) is 2.71. The molecule has 0 amide bonds. The van der Waals surface area contributed by atoms with Crippen molar-refractivity contribution in [1.82, 2.24) is 5.32 Å². The minimum Gasteiger partial charge on any atom is -0.380 e. The molecule has 15 heavy (non-hydrogen) atoms. The molecule has 0 aliphatic carbocycles. The number of hydrogen-bond donors (Lipinski definition) is 1. The van der Waals surface area contributed by atoms with Gasteiger partial charge in [0, 0.05) is 19.6 Å². The predicted molar refractivity (Wildman–Crippen MR) is 57.3 cm³/mol. The van der Waals surface area contributed by atoms with Gasteiger partial charge in [-0.1, -0.05) is 12.1 Å². The van der Waals surface area contributed by atoms with E-state index in [9.17, 15) is 4.39 Å². The summed E-state index contributed by atoms with van der Waals surface area (Å²) in [7, 11) is 1.62. The molecule has 1 N–H and O–H groups in total. The van der Waals surface area contributed by atoms with Crippen LogP contribution in [0.5, 0.6) is 0 Å². The Balaban J connectivity index is 2.18. The molecule has 1 unspecified atom stereocenters. The van der Waals surface area contributed by atoms with Crippen LogP contribution in [0.1, 0.15) is 23.5 Å². The lowest BCUT2D eigenvalue weighted by atomic mass is 9.97. The van der Waals surface area contributed by atoms with Crippen molar-refractivity contribution in [1.29, 1.82) is 0 Å². The molecule has 0 bridgehead atoms. The lowest BCUT2D eigenvalue weighted by molar-refractivity contribution is 0.184. The molecule has 1 atom stereocenters. The second kappa shape index (κ2) is 4.73. The van der Waals surface area contributed by atoms with Gasteiger partial charge in [0.05, 0.1) is 6.61 Å². The van der Waals surface area contributed by atoms with Gasteiger partial charge in [0.1, 0.15) is 5.82 Å². The van der Waals surface area contributed by atoms with E-state index in [1.165, 1.54) is 0 Å². The molecule has 1 aliphatic rings. The van der Waals surface area contributed by atoms with Crippen molar-refractivity contribution in [3.8, 4) is 0 Å². The summed E-state index contributed by atoms with van der Waals surface area (Å²) in [6, 6.07) is 5.42. The highest BCUT2D eigenvalue weighted by Crippen LogP contribution is 2.25. The highest BCUT2D eigenvalue weighted by atomic mass is 19.1. The summed E-state index contributed by atoms with van der Waals surface area (Å²) in [5.41, 5.74) is 1.73. The van der Waals surface area contributed by atoms with Gasteiger partial charge in [-0.05, 0) is 30.2 Å². The summed E-state index contributed by atoms with van der Waals surface area (Å²) in [6.07, 6.45) is 1.03. The fourth-order valence-corrected chi connectivity index (χ4v) is 2.08. The maximum Gasteiger partial charge on any atom is 0.127 e.